The number of halogens is 2. The van der Waals surface area contributed by atoms with Crippen molar-refractivity contribution < 1.29 is 9.53 Å². The maximum absolute atomic E-state index is 13.4. The molecule has 0 unspecified atom stereocenters. The highest BCUT2D eigenvalue weighted by Crippen LogP contribution is 2.49. The molecule has 0 bridgehead atoms. The second kappa shape index (κ2) is 7.75. The highest BCUT2D eigenvalue weighted by molar-refractivity contribution is 8.26. The summed E-state index contributed by atoms with van der Waals surface area (Å²) < 4.78 is 6.56. The Morgan fingerprint density at radius 1 is 0.933 bits per heavy atom. The fourth-order valence-corrected chi connectivity index (χ4v) is 5.24. The molecule has 0 N–H and O–H groups in total. The number of fused-ring (bicyclic) bond motifs is 2. The number of hydrogen-bond donors (Lipinski definition) is 0. The molecule has 0 aromatic heterocycles. The Labute approximate surface area is 193 Å². The second-order valence-corrected chi connectivity index (χ2v) is 9.30. The number of ether oxygens (including phenoxy) is 1. The third kappa shape index (κ3) is 3.32. The third-order valence-electron chi connectivity index (χ3n) is 4.97. The van der Waals surface area contributed by atoms with E-state index < -0.39 is 0 Å². The maximum atomic E-state index is 13.4. The van der Waals surface area contributed by atoms with Crippen LogP contribution in [0.2, 0.25) is 10.0 Å². The SMILES string of the molecule is O=C1C(=Cc2ccc(Cl)c(Cl)c2)SC(=S)N1C1c2ccccc2Oc2ccccc21. The molecular formula is C23H13Cl2NO2S2. The number of nitrogens with zero attached hydrogens (tertiary/aromatic N) is 1. The summed E-state index contributed by atoms with van der Waals surface area (Å²) in [6, 6.07) is 20.4. The lowest BCUT2D eigenvalue weighted by Gasteiger charge is -2.33. The monoisotopic (exact) mass is 469 g/mol. The molecule has 0 radical (unpaired) electrons. The normalized spacial score (nSPS) is 17.1. The average molecular weight is 470 g/mol. The molecule has 0 atom stereocenters. The van der Waals surface area contributed by atoms with Crippen LogP contribution in [0.15, 0.2) is 71.6 Å². The van der Waals surface area contributed by atoms with E-state index in [0.29, 0.717) is 19.3 Å². The molecule has 0 spiro atoms. The van der Waals surface area contributed by atoms with Crippen LogP contribution in [0.5, 0.6) is 11.5 Å². The van der Waals surface area contributed by atoms with Crippen LogP contribution in [0.4, 0.5) is 0 Å². The minimum atomic E-state index is -0.349. The van der Waals surface area contributed by atoms with Crippen molar-refractivity contribution in [1.29, 1.82) is 0 Å². The van der Waals surface area contributed by atoms with Crippen molar-refractivity contribution >= 4 is 63.5 Å². The Balaban J connectivity index is 1.58. The van der Waals surface area contributed by atoms with Crippen molar-refractivity contribution in [2.24, 2.45) is 0 Å². The van der Waals surface area contributed by atoms with Crippen LogP contribution in [0.25, 0.3) is 6.08 Å². The number of amides is 1. The smallest absolute Gasteiger partial charge is 0.267 e. The highest BCUT2D eigenvalue weighted by atomic mass is 35.5. The van der Waals surface area contributed by atoms with Crippen molar-refractivity contribution in [1.82, 2.24) is 4.90 Å². The van der Waals surface area contributed by atoms with Crippen molar-refractivity contribution in [3.8, 4) is 11.5 Å². The first kappa shape index (κ1) is 19.6. The Bertz CT molecular complexity index is 1200. The molecule has 2 aliphatic rings. The summed E-state index contributed by atoms with van der Waals surface area (Å²) in [6.07, 6.45) is 1.79. The molecular weight excluding hydrogens is 457 g/mol. The summed E-state index contributed by atoms with van der Waals surface area (Å²) in [4.78, 5) is 15.7. The van der Waals surface area contributed by atoms with Gasteiger partial charge in [0.15, 0.2) is 0 Å². The number of para-hydroxylation sites is 2. The van der Waals surface area contributed by atoms with Crippen LogP contribution in [0.3, 0.4) is 0 Å². The Morgan fingerprint density at radius 3 is 2.20 bits per heavy atom. The number of rotatable bonds is 2. The van der Waals surface area contributed by atoms with Gasteiger partial charge >= 0.3 is 0 Å². The summed E-state index contributed by atoms with van der Waals surface area (Å²) in [5.74, 6) is 1.31. The average Bonchev–Trinajstić information content (AvgIpc) is 3.02. The number of carbonyl (C=O) groups excluding carboxylic acids is 1. The molecule has 3 nitrogen and oxygen atoms in total. The van der Waals surface area contributed by atoms with Crippen molar-refractivity contribution in [2.75, 3.05) is 0 Å². The molecule has 1 fully saturated rings. The van der Waals surface area contributed by atoms with E-state index in [1.54, 1.807) is 23.1 Å². The summed E-state index contributed by atoms with van der Waals surface area (Å²) in [6.45, 7) is 0. The van der Waals surface area contributed by atoms with Crippen LogP contribution < -0.4 is 4.74 Å². The third-order valence-corrected chi connectivity index (χ3v) is 7.04. The van der Waals surface area contributed by atoms with E-state index in [0.717, 1.165) is 28.2 Å². The second-order valence-electron chi connectivity index (χ2n) is 6.81. The van der Waals surface area contributed by atoms with Gasteiger partial charge in [0, 0.05) is 11.1 Å². The topological polar surface area (TPSA) is 29.5 Å². The van der Waals surface area contributed by atoms with E-state index >= 15 is 0 Å². The first-order valence-corrected chi connectivity index (χ1v) is 11.1. The standard InChI is InChI=1S/C23H13Cl2NO2S2/c24-16-10-9-13(11-17(16)25)12-20-22(27)26(23(29)30-20)21-14-5-1-3-7-18(14)28-19-8-4-2-6-15(19)21/h1-12,21H. The van der Waals surface area contributed by atoms with Gasteiger partial charge in [-0.1, -0.05) is 89.6 Å². The molecule has 5 rings (SSSR count). The molecule has 3 aromatic rings. The zero-order chi connectivity index (χ0) is 20.8. The lowest BCUT2D eigenvalue weighted by Crippen LogP contribution is -2.34. The maximum Gasteiger partial charge on any atom is 0.267 e. The van der Waals surface area contributed by atoms with Gasteiger partial charge in [-0.25, -0.2) is 0 Å². The van der Waals surface area contributed by atoms with E-state index in [1.807, 2.05) is 54.6 Å². The van der Waals surface area contributed by atoms with Gasteiger partial charge < -0.3 is 4.74 Å². The first-order valence-electron chi connectivity index (χ1n) is 9.11. The fraction of sp³-hybridized carbons (Fsp3) is 0.0435. The van der Waals surface area contributed by atoms with Crippen molar-refractivity contribution in [3.63, 3.8) is 0 Å². The molecule has 2 aliphatic heterocycles. The van der Waals surface area contributed by atoms with Crippen LogP contribution >= 0.6 is 47.2 Å². The van der Waals surface area contributed by atoms with Gasteiger partial charge in [-0.15, -0.1) is 0 Å². The van der Waals surface area contributed by atoms with E-state index in [-0.39, 0.29) is 11.9 Å². The van der Waals surface area contributed by atoms with E-state index in [2.05, 4.69) is 0 Å². The van der Waals surface area contributed by atoms with E-state index in [4.69, 9.17) is 40.2 Å². The van der Waals surface area contributed by atoms with Crippen LogP contribution in [-0.4, -0.2) is 15.1 Å². The zero-order valence-electron chi connectivity index (χ0n) is 15.3. The van der Waals surface area contributed by atoms with Crippen molar-refractivity contribution in [3.05, 3.63) is 98.4 Å². The van der Waals surface area contributed by atoms with Gasteiger partial charge in [-0.2, -0.15) is 0 Å². The van der Waals surface area contributed by atoms with Gasteiger partial charge in [0.2, 0.25) is 0 Å². The number of thiocarbonyl (C=S) groups is 1. The molecule has 7 heteroatoms. The highest BCUT2D eigenvalue weighted by Gasteiger charge is 2.42. The molecule has 0 aliphatic carbocycles. The Kier molecular flexibility index (Phi) is 5.07. The minimum absolute atomic E-state index is 0.146. The number of carbonyl (C=O) groups is 1. The molecule has 1 amide bonds. The Morgan fingerprint density at radius 2 is 1.57 bits per heavy atom. The fourth-order valence-electron chi connectivity index (χ4n) is 3.62. The van der Waals surface area contributed by atoms with Crippen LogP contribution in [0.1, 0.15) is 22.7 Å². The first-order chi connectivity index (χ1) is 14.5. The number of hydrogen-bond acceptors (Lipinski definition) is 4. The lowest BCUT2D eigenvalue weighted by atomic mass is 9.93. The summed E-state index contributed by atoms with van der Waals surface area (Å²) >= 11 is 19.0. The zero-order valence-corrected chi connectivity index (χ0v) is 18.5. The molecule has 2 heterocycles. The van der Waals surface area contributed by atoms with Gasteiger partial charge in [-0.3, -0.25) is 9.69 Å². The van der Waals surface area contributed by atoms with Gasteiger partial charge in [-0.05, 0) is 35.9 Å². The van der Waals surface area contributed by atoms with Gasteiger partial charge in [0.1, 0.15) is 15.8 Å². The number of thioether (sulfide) groups is 1. The largest absolute Gasteiger partial charge is 0.457 e. The van der Waals surface area contributed by atoms with Crippen molar-refractivity contribution in [2.45, 2.75) is 6.04 Å². The molecule has 3 aromatic carbocycles. The van der Waals surface area contributed by atoms with Crippen LogP contribution in [0, 0.1) is 0 Å². The molecule has 148 valence electrons. The summed E-state index contributed by atoms with van der Waals surface area (Å²) in [7, 11) is 0. The van der Waals surface area contributed by atoms with E-state index in [9.17, 15) is 4.79 Å². The molecule has 1 saturated heterocycles. The lowest BCUT2D eigenvalue weighted by molar-refractivity contribution is -0.123. The quantitative estimate of drug-likeness (QED) is 0.295. The van der Waals surface area contributed by atoms with E-state index in [1.165, 1.54) is 11.8 Å². The number of benzene rings is 3. The summed E-state index contributed by atoms with van der Waals surface area (Å²) in [5.41, 5.74) is 2.60. The summed E-state index contributed by atoms with van der Waals surface area (Å²) in [5, 5.41) is 0.907. The predicted molar refractivity (Wildman–Crippen MR) is 126 cm³/mol. The predicted octanol–water partition coefficient (Wildman–Crippen LogP) is 7.09. The Hall–Kier alpha value is -2.31. The molecule has 0 saturated carbocycles. The van der Waals surface area contributed by atoms with Gasteiger partial charge in [0.05, 0.1) is 21.0 Å². The van der Waals surface area contributed by atoms with Crippen LogP contribution in [-0.2, 0) is 4.79 Å². The molecule has 30 heavy (non-hydrogen) atoms. The van der Waals surface area contributed by atoms with Gasteiger partial charge in [0.25, 0.3) is 5.91 Å². The minimum Gasteiger partial charge on any atom is -0.457 e.